The second kappa shape index (κ2) is 7.09. The number of nitrogens with two attached hydrogens (primary N) is 1. The van der Waals surface area contributed by atoms with Crippen molar-refractivity contribution in [3.63, 3.8) is 0 Å². The summed E-state index contributed by atoms with van der Waals surface area (Å²) in [6.07, 6.45) is 7.92. The lowest BCUT2D eigenvalue weighted by molar-refractivity contribution is -0.0252. The fourth-order valence-electron chi connectivity index (χ4n) is 4.72. The zero-order valence-electron chi connectivity index (χ0n) is 16.5. The highest BCUT2D eigenvalue weighted by atomic mass is 19.1. The minimum atomic E-state index is -0.568. The molecule has 0 saturated heterocycles. The first-order valence-electron chi connectivity index (χ1n) is 9.70. The average molecular weight is 397 g/mol. The second-order valence-electron chi connectivity index (χ2n) is 8.40. The van der Waals surface area contributed by atoms with Gasteiger partial charge in [0.2, 0.25) is 0 Å². The fraction of sp³-hybridized carbons (Fsp3) is 0.429. The number of pyridine rings is 2. The van der Waals surface area contributed by atoms with Crippen LogP contribution in [0, 0.1) is 25.1 Å². The molecule has 2 amide bonds. The summed E-state index contributed by atoms with van der Waals surface area (Å²) in [5.74, 6) is -0.999. The number of amides is 2. The van der Waals surface area contributed by atoms with Gasteiger partial charge in [0.25, 0.3) is 11.8 Å². The van der Waals surface area contributed by atoms with Crippen LogP contribution in [0.5, 0.6) is 0 Å². The third-order valence-electron chi connectivity index (χ3n) is 6.04. The van der Waals surface area contributed by atoms with Gasteiger partial charge in [-0.3, -0.25) is 14.6 Å². The topological polar surface area (TPSA) is 110 Å². The van der Waals surface area contributed by atoms with Gasteiger partial charge in [0.1, 0.15) is 5.82 Å². The van der Waals surface area contributed by atoms with Crippen LogP contribution in [0.2, 0.25) is 0 Å². The van der Waals surface area contributed by atoms with Crippen molar-refractivity contribution in [1.82, 2.24) is 20.6 Å². The number of nitrogens with zero attached hydrogens (tertiary/aromatic N) is 2. The van der Waals surface area contributed by atoms with Crippen molar-refractivity contribution < 1.29 is 14.0 Å². The molecule has 2 aliphatic carbocycles. The van der Waals surface area contributed by atoms with E-state index in [0.29, 0.717) is 5.56 Å². The molecule has 2 aromatic rings. The van der Waals surface area contributed by atoms with E-state index in [1.807, 2.05) is 13.8 Å². The zero-order valence-corrected chi connectivity index (χ0v) is 16.5. The Morgan fingerprint density at radius 1 is 1.03 bits per heavy atom. The highest BCUT2D eigenvalue weighted by molar-refractivity contribution is 5.97. The molecular weight excluding hydrogens is 373 g/mol. The fourth-order valence-corrected chi connectivity index (χ4v) is 4.72. The van der Waals surface area contributed by atoms with E-state index < -0.39 is 5.82 Å². The van der Waals surface area contributed by atoms with Gasteiger partial charge in [-0.1, -0.05) is 0 Å². The van der Waals surface area contributed by atoms with E-state index in [1.54, 1.807) is 12.4 Å². The first-order chi connectivity index (χ1) is 13.8. The quantitative estimate of drug-likeness (QED) is 0.733. The Labute approximate surface area is 168 Å². The number of hydrogen-bond donors (Lipinski definition) is 3. The number of carbonyl (C=O) groups is 2. The van der Waals surface area contributed by atoms with Crippen LogP contribution in [0.1, 0.15) is 57.7 Å². The van der Waals surface area contributed by atoms with Crippen molar-refractivity contribution >= 4 is 17.5 Å². The van der Waals surface area contributed by atoms with Crippen LogP contribution in [0.15, 0.2) is 24.7 Å². The molecule has 4 N–H and O–H groups in total. The molecule has 7 nitrogen and oxygen atoms in total. The zero-order chi connectivity index (χ0) is 20.8. The maximum atomic E-state index is 13.1. The SMILES string of the molecule is Cc1cncc(C)c1C(=O)NC1CC2(CC(NC(=O)c3ncc(F)cc3N)C2)C1. The van der Waals surface area contributed by atoms with Crippen molar-refractivity contribution in [2.75, 3.05) is 5.73 Å². The van der Waals surface area contributed by atoms with Gasteiger partial charge in [0, 0.05) is 36.1 Å². The van der Waals surface area contributed by atoms with E-state index in [-0.39, 0.29) is 40.7 Å². The van der Waals surface area contributed by atoms with Crippen LogP contribution in [0.3, 0.4) is 0 Å². The lowest BCUT2D eigenvalue weighted by atomic mass is 9.52. The maximum absolute atomic E-state index is 13.1. The molecule has 8 heteroatoms. The van der Waals surface area contributed by atoms with Crippen LogP contribution in [-0.2, 0) is 0 Å². The molecule has 2 heterocycles. The van der Waals surface area contributed by atoms with Crippen LogP contribution in [0.25, 0.3) is 0 Å². The van der Waals surface area contributed by atoms with Crippen LogP contribution < -0.4 is 16.4 Å². The van der Waals surface area contributed by atoms with E-state index >= 15 is 0 Å². The minimum absolute atomic E-state index is 0.0321. The predicted molar refractivity (Wildman–Crippen MR) is 106 cm³/mol. The number of hydrogen-bond acceptors (Lipinski definition) is 5. The molecule has 2 saturated carbocycles. The van der Waals surface area contributed by atoms with Gasteiger partial charge >= 0.3 is 0 Å². The molecule has 4 rings (SSSR count). The van der Waals surface area contributed by atoms with Gasteiger partial charge in [0.15, 0.2) is 5.69 Å². The molecule has 2 fully saturated rings. The van der Waals surface area contributed by atoms with Crippen molar-refractivity contribution in [1.29, 1.82) is 0 Å². The Hall–Kier alpha value is -3.03. The number of anilines is 1. The summed E-state index contributed by atoms with van der Waals surface area (Å²) in [5, 5.41) is 6.03. The Balaban J connectivity index is 1.26. The second-order valence-corrected chi connectivity index (χ2v) is 8.40. The number of nitrogen functional groups attached to an aromatic ring is 1. The third-order valence-corrected chi connectivity index (χ3v) is 6.04. The van der Waals surface area contributed by atoms with Gasteiger partial charge in [-0.15, -0.1) is 0 Å². The summed E-state index contributed by atoms with van der Waals surface area (Å²) in [5.41, 5.74) is 8.38. The van der Waals surface area contributed by atoms with E-state index in [1.165, 1.54) is 0 Å². The summed E-state index contributed by atoms with van der Waals surface area (Å²) in [7, 11) is 0. The molecule has 0 aromatic carbocycles. The standard InChI is InChI=1S/C21H24FN5O2/c1-11-8-24-9-12(2)17(11)19(28)26-14-4-21(5-14)6-15(7-21)27-20(29)18-16(23)3-13(22)10-25-18/h3,8-10,14-15H,4-7,23H2,1-2H3,(H,26,28)(H,27,29). The largest absolute Gasteiger partial charge is 0.397 e. The normalized spacial score (nSPS) is 25.1. The predicted octanol–water partition coefficient (Wildman–Crippen LogP) is 2.29. The average Bonchev–Trinajstić information content (AvgIpc) is 2.57. The van der Waals surface area contributed by atoms with Crippen molar-refractivity contribution in [2.24, 2.45) is 5.41 Å². The molecule has 2 aromatic heterocycles. The van der Waals surface area contributed by atoms with Crippen molar-refractivity contribution in [3.8, 4) is 0 Å². The molecule has 0 bridgehead atoms. The van der Waals surface area contributed by atoms with Crippen molar-refractivity contribution in [2.45, 2.75) is 51.6 Å². The van der Waals surface area contributed by atoms with Gasteiger partial charge < -0.3 is 16.4 Å². The molecule has 0 aliphatic heterocycles. The summed E-state index contributed by atoms with van der Waals surface area (Å²) in [6.45, 7) is 3.78. The van der Waals surface area contributed by atoms with Crippen LogP contribution >= 0.6 is 0 Å². The lowest BCUT2D eigenvalue weighted by Gasteiger charge is -2.57. The lowest BCUT2D eigenvalue weighted by Crippen LogP contribution is -2.61. The van der Waals surface area contributed by atoms with E-state index in [2.05, 4.69) is 20.6 Å². The van der Waals surface area contributed by atoms with Gasteiger partial charge in [-0.25, -0.2) is 9.37 Å². The summed E-state index contributed by atoms with van der Waals surface area (Å²) < 4.78 is 13.1. The minimum Gasteiger partial charge on any atom is -0.397 e. The van der Waals surface area contributed by atoms with E-state index in [4.69, 9.17) is 5.73 Å². The summed E-state index contributed by atoms with van der Waals surface area (Å²) in [4.78, 5) is 32.8. The third kappa shape index (κ3) is 3.66. The summed E-state index contributed by atoms with van der Waals surface area (Å²) >= 11 is 0. The molecule has 2 aliphatic rings. The Morgan fingerprint density at radius 2 is 1.59 bits per heavy atom. The summed E-state index contributed by atoms with van der Waals surface area (Å²) in [6, 6.07) is 1.30. The Kier molecular flexibility index (Phi) is 4.72. The molecule has 0 radical (unpaired) electrons. The first-order valence-corrected chi connectivity index (χ1v) is 9.70. The first kappa shape index (κ1) is 19.3. The van der Waals surface area contributed by atoms with Crippen LogP contribution in [0.4, 0.5) is 10.1 Å². The Bertz CT molecular complexity index is 959. The monoisotopic (exact) mass is 397 g/mol. The number of aryl methyl sites for hydroxylation is 2. The number of rotatable bonds is 4. The van der Waals surface area contributed by atoms with E-state index in [0.717, 1.165) is 49.1 Å². The number of nitrogens with one attached hydrogen (secondary N) is 2. The number of aromatic nitrogens is 2. The number of halogens is 1. The molecular formula is C21H24FN5O2. The maximum Gasteiger partial charge on any atom is 0.272 e. The molecule has 1 spiro atoms. The molecule has 0 atom stereocenters. The number of carbonyl (C=O) groups excluding carboxylic acids is 2. The van der Waals surface area contributed by atoms with Gasteiger partial charge in [0.05, 0.1) is 11.9 Å². The molecule has 152 valence electrons. The van der Waals surface area contributed by atoms with Crippen LogP contribution in [-0.4, -0.2) is 33.9 Å². The van der Waals surface area contributed by atoms with E-state index in [9.17, 15) is 14.0 Å². The Morgan fingerprint density at radius 3 is 2.14 bits per heavy atom. The molecule has 0 unspecified atom stereocenters. The smallest absolute Gasteiger partial charge is 0.272 e. The molecule has 29 heavy (non-hydrogen) atoms. The van der Waals surface area contributed by atoms with Crippen molar-refractivity contribution in [3.05, 3.63) is 52.9 Å². The highest BCUT2D eigenvalue weighted by Gasteiger charge is 2.53. The van der Waals surface area contributed by atoms with Gasteiger partial charge in [-0.2, -0.15) is 0 Å². The van der Waals surface area contributed by atoms with Gasteiger partial charge in [-0.05, 0) is 56.1 Å². The highest BCUT2D eigenvalue weighted by Crippen LogP contribution is 2.56.